The van der Waals surface area contributed by atoms with E-state index in [1.54, 1.807) is 18.4 Å². The largest absolute Gasteiger partial charge is 0.498 e. The van der Waals surface area contributed by atoms with E-state index in [0.29, 0.717) is 24.3 Å². The molecule has 188 valence electrons. The van der Waals surface area contributed by atoms with Crippen molar-refractivity contribution >= 4 is 18.1 Å². The summed E-state index contributed by atoms with van der Waals surface area (Å²) in [5, 5.41) is 12.3. The van der Waals surface area contributed by atoms with Crippen LogP contribution < -0.4 is 5.32 Å². The van der Waals surface area contributed by atoms with E-state index in [0.717, 1.165) is 24.2 Å². The summed E-state index contributed by atoms with van der Waals surface area (Å²) in [5.41, 5.74) is 3.24. The highest BCUT2D eigenvalue weighted by atomic mass is 16.5. The lowest BCUT2D eigenvalue weighted by Gasteiger charge is -2.18. The number of hydrogen-bond acceptors (Lipinski definition) is 4. The highest BCUT2D eigenvalue weighted by Crippen LogP contribution is 2.23. The molecule has 0 saturated carbocycles. The number of carbonyl (C=O) groups excluding carboxylic acids is 1. The molecule has 2 atom stereocenters. The van der Waals surface area contributed by atoms with Gasteiger partial charge in [0.1, 0.15) is 6.04 Å². The quantitative estimate of drug-likeness (QED) is 0.406. The summed E-state index contributed by atoms with van der Waals surface area (Å²) >= 11 is 0. The van der Waals surface area contributed by atoms with E-state index in [-0.39, 0.29) is 12.3 Å². The van der Waals surface area contributed by atoms with Gasteiger partial charge in [0, 0.05) is 36.7 Å². The molecule has 6 heteroatoms. The van der Waals surface area contributed by atoms with Crippen LogP contribution in [0.15, 0.2) is 107 Å². The molecule has 36 heavy (non-hydrogen) atoms. The minimum absolute atomic E-state index is 0.119. The van der Waals surface area contributed by atoms with Crippen LogP contribution in [0, 0.1) is 5.92 Å². The Morgan fingerprint density at radius 3 is 2.83 bits per heavy atom. The van der Waals surface area contributed by atoms with Crippen molar-refractivity contribution in [3.63, 3.8) is 0 Å². The fourth-order valence-electron chi connectivity index (χ4n) is 3.78. The zero-order valence-electron chi connectivity index (χ0n) is 20.9. The molecular weight excluding hydrogens is 452 g/mol. The van der Waals surface area contributed by atoms with Gasteiger partial charge in [-0.1, -0.05) is 74.6 Å². The predicted octanol–water partition coefficient (Wildman–Crippen LogP) is 5.47. The Labute approximate surface area is 213 Å². The summed E-state index contributed by atoms with van der Waals surface area (Å²) in [6.07, 6.45) is 19.0. The Morgan fingerprint density at radius 2 is 2.08 bits per heavy atom. The molecule has 1 aromatic carbocycles. The van der Waals surface area contributed by atoms with Crippen LogP contribution in [0.5, 0.6) is 0 Å². The molecule has 0 radical (unpaired) electrons. The summed E-state index contributed by atoms with van der Waals surface area (Å²) in [7, 11) is 0. The Bertz CT molecular complexity index is 1140. The monoisotopic (exact) mass is 486 g/mol. The zero-order valence-corrected chi connectivity index (χ0v) is 20.9. The lowest BCUT2D eigenvalue weighted by molar-refractivity contribution is -0.141. The van der Waals surface area contributed by atoms with Gasteiger partial charge < -0.3 is 15.2 Å². The van der Waals surface area contributed by atoms with E-state index in [1.807, 2.05) is 68.5 Å². The molecule has 2 aliphatic rings. The minimum atomic E-state index is -1.09. The maximum absolute atomic E-state index is 12.9. The van der Waals surface area contributed by atoms with Crippen LogP contribution >= 0.6 is 0 Å². The van der Waals surface area contributed by atoms with Crippen LogP contribution in [0.1, 0.15) is 38.7 Å². The molecule has 0 fully saturated rings. The number of carbonyl (C=O) groups is 2. The van der Waals surface area contributed by atoms with E-state index in [9.17, 15) is 14.7 Å². The molecule has 0 spiro atoms. The number of carboxylic acids is 1. The molecule has 0 aromatic heterocycles. The van der Waals surface area contributed by atoms with E-state index in [1.165, 1.54) is 5.56 Å². The fraction of sp³-hybridized carbons (Fsp3) is 0.300. The molecule has 0 saturated heterocycles. The summed E-state index contributed by atoms with van der Waals surface area (Å²) in [6, 6.07) is 9.14. The molecule has 0 bridgehead atoms. The average Bonchev–Trinajstić information content (AvgIpc) is 3.15. The lowest BCUT2D eigenvalue weighted by Crippen LogP contribution is -2.41. The molecule has 1 aliphatic heterocycles. The first-order valence-electron chi connectivity index (χ1n) is 12.4. The van der Waals surface area contributed by atoms with Gasteiger partial charge in [0.15, 0.2) is 0 Å². The van der Waals surface area contributed by atoms with Crippen molar-refractivity contribution in [1.29, 1.82) is 0 Å². The molecule has 2 N–H and O–H groups in total. The van der Waals surface area contributed by atoms with E-state index in [2.05, 4.69) is 22.4 Å². The first-order valence-corrected chi connectivity index (χ1v) is 12.4. The van der Waals surface area contributed by atoms with Crippen LogP contribution in [0.2, 0.25) is 0 Å². The number of allylic oxidation sites excluding steroid dienone is 9. The van der Waals surface area contributed by atoms with E-state index >= 15 is 0 Å². The minimum Gasteiger partial charge on any atom is -0.498 e. The lowest BCUT2D eigenvalue weighted by atomic mass is 9.91. The third kappa shape index (κ3) is 8.38. The van der Waals surface area contributed by atoms with Crippen molar-refractivity contribution in [2.45, 2.75) is 45.6 Å². The molecule has 1 heterocycles. The molecule has 1 aliphatic carbocycles. The second-order valence-corrected chi connectivity index (χ2v) is 8.69. The third-order valence-electron chi connectivity index (χ3n) is 5.97. The van der Waals surface area contributed by atoms with Crippen LogP contribution in [-0.4, -0.2) is 35.8 Å². The van der Waals surface area contributed by atoms with E-state index < -0.39 is 17.9 Å². The normalized spacial score (nSPS) is 19.3. The van der Waals surface area contributed by atoms with Gasteiger partial charge in [0.2, 0.25) is 0 Å². The van der Waals surface area contributed by atoms with Crippen LogP contribution in [0.25, 0.3) is 0 Å². The predicted molar refractivity (Wildman–Crippen MR) is 143 cm³/mol. The van der Waals surface area contributed by atoms with Gasteiger partial charge in [-0.3, -0.25) is 9.79 Å². The number of hydrogen-bond donors (Lipinski definition) is 2. The highest BCUT2D eigenvalue weighted by molar-refractivity contribution is 5.99. The molecule has 2 unspecified atom stereocenters. The Balaban J connectivity index is 1.64. The summed E-state index contributed by atoms with van der Waals surface area (Å²) in [4.78, 5) is 29.0. The van der Waals surface area contributed by atoms with Crippen molar-refractivity contribution in [2.24, 2.45) is 10.9 Å². The second-order valence-electron chi connectivity index (χ2n) is 8.69. The summed E-state index contributed by atoms with van der Waals surface area (Å²) < 4.78 is 5.97. The number of amides is 1. The highest BCUT2D eigenvalue weighted by Gasteiger charge is 2.24. The standard InChI is InChI=1S/C30H34N2O4/c1-3-27(36-19-17-23-10-6-4-7-11-23)16-15-24-20-25(14-13-22(24)2)29(33)32-28(30(34)35)21-26-12-8-5-9-18-31-26/h4-7,9-16,18,20,22,28H,3,8,17,19,21H2,1-2H3,(H,32,33)(H,34,35)/b24-15-,27-16+. The van der Waals surface area contributed by atoms with Gasteiger partial charge in [0.25, 0.3) is 5.91 Å². The number of carboxylic acid groups (broad SMARTS) is 1. The molecular formula is C30H34N2O4. The van der Waals surface area contributed by atoms with Crippen molar-refractivity contribution in [1.82, 2.24) is 5.32 Å². The maximum Gasteiger partial charge on any atom is 0.326 e. The Morgan fingerprint density at radius 1 is 1.28 bits per heavy atom. The molecule has 1 aromatic rings. The fourth-order valence-corrected chi connectivity index (χ4v) is 3.78. The van der Waals surface area contributed by atoms with Gasteiger partial charge >= 0.3 is 5.97 Å². The molecule has 6 nitrogen and oxygen atoms in total. The third-order valence-corrected chi connectivity index (χ3v) is 5.97. The van der Waals surface area contributed by atoms with Gasteiger partial charge in [-0.25, -0.2) is 4.79 Å². The summed E-state index contributed by atoms with van der Waals surface area (Å²) in [5.74, 6) is -0.526. The van der Waals surface area contributed by atoms with Crippen LogP contribution in [-0.2, 0) is 20.7 Å². The zero-order chi connectivity index (χ0) is 25.8. The first-order chi connectivity index (χ1) is 17.5. The number of nitrogens with zero attached hydrogens (tertiary/aromatic N) is 1. The van der Waals surface area contributed by atoms with Crippen molar-refractivity contribution in [3.05, 3.63) is 107 Å². The maximum atomic E-state index is 12.9. The van der Waals surface area contributed by atoms with Gasteiger partial charge in [-0.05, 0) is 41.7 Å². The number of ether oxygens (including phenoxy) is 1. The van der Waals surface area contributed by atoms with Gasteiger partial charge in [-0.15, -0.1) is 0 Å². The second kappa shape index (κ2) is 13.8. The smallest absolute Gasteiger partial charge is 0.326 e. The van der Waals surface area contributed by atoms with Crippen molar-refractivity contribution in [3.8, 4) is 0 Å². The molecule has 1 amide bonds. The number of benzene rings is 1. The number of aliphatic carboxylic acids is 1. The van der Waals surface area contributed by atoms with Crippen molar-refractivity contribution in [2.75, 3.05) is 6.61 Å². The number of rotatable bonds is 11. The first kappa shape index (κ1) is 26.7. The topological polar surface area (TPSA) is 88.0 Å². The Kier molecular flexibility index (Phi) is 10.2. The van der Waals surface area contributed by atoms with Crippen LogP contribution in [0.3, 0.4) is 0 Å². The van der Waals surface area contributed by atoms with Gasteiger partial charge in [-0.2, -0.15) is 0 Å². The van der Waals surface area contributed by atoms with Crippen molar-refractivity contribution < 1.29 is 19.4 Å². The number of aliphatic imine (C=N–C) groups is 1. The SMILES string of the molecule is CC/C(=C\C=C1\C=C(C(=O)NC(CC2=CCC=CC=N2)C(=O)O)C=CC1C)OCCc1ccccc1. The molecule has 3 rings (SSSR count). The van der Waals surface area contributed by atoms with E-state index in [4.69, 9.17) is 4.74 Å². The Hall–Kier alpha value is -3.93. The summed E-state index contributed by atoms with van der Waals surface area (Å²) in [6.45, 7) is 4.69. The van der Waals surface area contributed by atoms with Crippen LogP contribution in [0.4, 0.5) is 0 Å². The average molecular weight is 487 g/mol. The van der Waals surface area contributed by atoms with Gasteiger partial charge in [0.05, 0.1) is 12.4 Å². The number of nitrogens with one attached hydrogen (secondary N) is 1.